The van der Waals surface area contributed by atoms with Gasteiger partial charge in [0.25, 0.3) is 0 Å². The molecular formula is C43H41IrN5OSi-2. The Labute approximate surface area is 314 Å². The molecule has 5 aromatic heterocycles. The number of pyridine rings is 3. The largest absolute Gasteiger partial charge is 0.486 e. The maximum Gasteiger partial charge on any atom is 0.216 e. The van der Waals surface area contributed by atoms with Gasteiger partial charge in [0.05, 0.1) is 30.5 Å². The number of imidazole rings is 1. The van der Waals surface area contributed by atoms with E-state index in [9.17, 15) is 0 Å². The van der Waals surface area contributed by atoms with E-state index >= 15 is 0 Å². The van der Waals surface area contributed by atoms with Gasteiger partial charge in [-0.15, -0.1) is 35.9 Å². The summed E-state index contributed by atoms with van der Waals surface area (Å²) in [5.41, 5.74) is 10.4. The van der Waals surface area contributed by atoms with Crippen LogP contribution >= 0.6 is 0 Å². The Balaban J connectivity index is 0.000000188. The zero-order chi connectivity index (χ0) is 35.0. The number of fused-ring (bicyclic) bond motifs is 4. The molecule has 8 heteroatoms. The van der Waals surface area contributed by atoms with Crippen molar-refractivity contribution in [2.45, 2.75) is 53.8 Å². The van der Waals surface area contributed by atoms with Crippen molar-refractivity contribution in [1.82, 2.24) is 24.5 Å². The molecule has 0 atom stereocenters. The van der Waals surface area contributed by atoms with Gasteiger partial charge in [-0.3, -0.25) is 4.98 Å². The van der Waals surface area contributed by atoms with Crippen LogP contribution in [0.3, 0.4) is 0 Å². The predicted octanol–water partition coefficient (Wildman–Crippen LogP) is 10.1. The van der Waals surface area contributed by atoms with E-state index in [4.69, 9.17) is 9.40 Å². The van der Waals surface area contributed by atoms with Crippen LogP contribution in [0.1, 0.15) is 30.8 Å². The van der Waals surface area contributed by atoms with Crippen LogP contribution in [-0.2, 0) is 26.5 Å². The average Bonchev–Trinajstić information content (AvgIpc) is 3.68. The van der Waals surface area contributed by atoms with Crippen LogP contribution in [0.4, 0.5) is 0 Å². The van der Waals surface area contributed by atoms with E-state index in [-0.39, 0.29) is 20.1 Å². The molecule has 0 aliphatic rings. The predicted molar refractivity (Wildman–Crippen MR) is 208 cm³/mol. The van der Waals surface area contributed by atoms with E-state index in [1.165, 1.54) is 10.8 Å². The van der Waals surface area contributed by atoms with Crippen molar-refractivity contribution in [3.8, 4) is 28.3 Å². The molecule has 0 N–H and O–H groups in total. The Kier molecular flexibility index (Phi) is 10.5. The van der Waals surface area contributed by atoms with Gasteiger partial charge in [0.2, 0.25) is 5.71 Å². The van der Waals surface area contributed by atoms with E-state index in [2.05, 4.69) is 102 Å². The number of rotatable bonds is 6. The Morgan fingerprint density at radius 2 is 1.61 bits per heavy atom. The van der Waals surface area contributed by atoms with Gasteiger partial charge in [-0.25, -0.2) is 4.98 Å². The van der Waals surface area contributed by atoms with Crippen molar-refractivity contribution in [2.75, 3.05) is 0 Å². The van der Waals surface area contributed by atoms with Crippen LogP contribution in [0.15, 0.2) is 108 Å². The van der Waals surface area contributed by atoms with Gasteiger partial charge in [-0.05, 0) is 89.4 Å². The molecule has 3 aromatic carbocycles. The van der Waals surface area contributed by atoms with Crippen LogP contribution in [0.2, 0.25) is 19.6 Å². The first kappa shape index (κ1) is 36.1. The molecule has 0 saturated heterocycles. The molecule has 0 saturated carbocycles. The summed E-state index contributed by atoms with van der Waals surface area (Å²) in [6.07, 6.45) is 6.43. The first-order chi connectivity index (χ1) is 24.1. The molecule has 0 spiro atoms. The topological polar surface area (TPSA) is 69.6 Å². The minimum Gasteiger partial charge on any atom is -0.486 e. The van der Waals surface area contributed by atoms with E-state index < -0.39 is 8.07 Å². The van der Waals surface area contributed by atoms with Crippen molar-refractivity contribution in [1.29, 1.82) is 0 Å². The number of aryl methyl sites for hydroxylation is 2. The Hall–Kier alpha value is -4.75. The molecule has 51 heavy (non-hydrogen) atoms. The molecule has 259 valence electrons. The molecule has 0 fully saturated rings. The zero-order valence-electron chi connectivity index (χ0n) is 30.1. The maximum absolute atomic E-state index is 6.25. The monoisotopic (exact) mass is 864 g/mol. The maximum atomic E-state index is 6.25. The third-order valence-electron chi connectivity index (χ3n) is 8.83. The number of nitrogens with zero attached hydrogens (tertiary/aromatic N) is 5. The molecule has 0 amide bonds. The molecule has 0 bridgehead atoms. The summed E-state index contributed by atoms with van der Waals surface area (Å²) in [6, 6.07) is 35.9. The van der Waals surface area contributed by atoms with Gasteiger partial charge in [-0.2, -0.15) is 0 Å². The third-order valence-corrected chi connectivity index (χ3v) is 10.9. The molecular weight excluding hydrogens is 823 g/mol. The van der Waals surface area contributed by atoms with Gasteiger partial charge in [-0.1, -0.05) is 82.4 Å². The summed E-state index contributed by atoms with van der Waals surface area (Å²) in [6.45, 7) is 15.7. The first-order valence-electron chi connectivity index (χ1n) is 17.2. The average molecular weight is 864 g/mol. The van der Waals surface area contributed by atoms with Crippen LogP contribution < -0.4 is 5.19 Å². The molecule has 8 rings (SSSR count). The van der Waals surface area contributed by atoms with E-state index in [1.54, 1.807) is 0 Å². The SMILES string of the molecule is CC(C)Cc1cc(-c2[c-]cccc2)ncc1[Si](C)(C)C.Cc1ccc2c(n1)oc1c(-c3nc4ccccc4n3-c3ccccc3)[c-]nc(C)c12.[Ir]. The van der Waals surface area contributed by atoms with Crippen LogP contribution in [0, 0.1) is 32.0 Å². The van der Waals surface area contributed by atoms with Gasteiger partial charge in [0.1, 0.15) is 0 Å². The van der Waals surface area contributed by atoms with Crippen molar-refractivity contribution in [2.24, 2.45) is 5.92 Å². The quantitative estimate of drug-likeness (QED) is 0.123. The number of aromatic nitrogens is 5. The fourth-order valence-electron chi connectivity index (χ4n) is 6.52. The molecule has 0 aliphatic carbocycles. The van der Waals surface area contributed by atoms with Crippen molar-refractivity contribution in [3.63, 3.8) is 0 Å². The van der Waals surface area contributed by atoms with Gasteiger partial charge in [0, 0.05) is 43.1 Å². The molecule has 6 nitrogen and oxygen atoms in total. The normalized spacial score (nSPS) is 11.5. The minimum absolute atomic E-state index is 0. The summed E-state index contributed by atoms with van der Waals surface area (Å²) in [5, 5.41) is 3.40. The van der Waals surface area contributed by atoms with Crippen LogP contribution in [-0.4, -0.2) is 32.6 Å². The Bertz CT molecular complexity index is 2450. The fourth-order valence-corrected chi connectivity index (χ4v) is 8.11. The summed E-state index contributed by atoms with van der Waals surface area (Å²) in [7, 11) is -1.34. The van der Waals surface area contributed by atoms with Crippen LogP contribution in [0.5, 0.6) is 0 Å². The second kappa shape index (κ2) is 14.8. The number of para-hydroxylation sites is 3. The zero-order valence-corrected chi connectivity index (χ0v) is 33.5. The third kappa shape index (κ3) is 7.36. The Morgan fingerprint density at radius 1 is 0.863 bits per heavy atom. The summed E-state index contributed by atoms with van der Waals surface area (Å²) < 4.78 is 8.38. The number of furan rings is 1. The van der Waals surface area contributed by atoms with Gasteiger partial charge >= 0.3 is 0 Å². The fraction of sp³-hybridized carbons (Fsp3) is 0.209. The molecule has 0 aliphatic heterocycles. The summed E-state index contributed by atoms with van der Waals surface area (Å²) >= 11 is 0. The second-order valence-electron chi connectivity index (χ2n) is 14.2. The van der Waals surface area contributed by atoms with Crippen molar-refractivity contribution in [3.05, 3.63) is 132 Å². The van der Waals surface area contributed by atoms with E-state index in [1.807, 2.05) is 80.6 Å². The number of benzene rings is 3. The van der Waals surface area contributed by atoms with Gasteiger partial charge < -0.3 is 19.0 Å². The second-order valence-corrected chi connectivity index (χ2v) is 19.3. The Morgan fingerprint density at radius 3 is 2.33 bits per heavy atom. The molecule has 5 heterocycles. The smallest absolute Gasteiger partial charge is 0.216 e. The van der Waals surface area contributed by atoms with E-state index in [0.717, 1.165) is 67.9 Å². The molecule has 0 unspecified atom stereocenters. The van der Waals surface area contributed by atoms with Crippen molar-refractivity contribution >= 4 is 46.4 Å². The summed E-state index contributed by atoms with van der Waals surface area (Å²) in [4.78, 5) is 18.8. The minimum atomic E-state index is -1.34. The molecule has 8 aromatic rings. The van der Waals surface area contributed by atoms with Crippen LogP contribution in [0.25, 0.3) is 61.4 Å². The molecule has 1 radical (unpaired) electrons. The standard InChI is InChI=1S/C25H17N4O.C18H24NSi.Ir/c1-15-12-13-18-22-16(2)26-14-19(23(22)30-25(18)27-15)24-28-20-10-6-7-11-21(20)29(24)17-8-4-3-5-9-17;1-14(2)11-16-12-17(15-9-7-6-8-10-15)19-13-18(16)20(3,4)5;/h3-13H,1-2H3;6-9,12-14H,11H2,1-5H3;/q2*-1;. The van der Waals surface area contributed by atoms with E-state index in [0.29, 0.717) is 17.2 Å². The first-order valence-corrected chi connectivity index (χ1v) is 20.7. The summed E-state index contributed by atoms with van der Waals surface area (Å²) in [5.74, 6) is 1.41. The van der Waals surface area contributed by atoms with Crippen molar-refractivity contribution < 1.29 is 24.5 Å². The number of hydrogen-bond acceptors (Lipinski definition) is 5. The van der Waals surface area contributed by atoms with Gasteiger partial charge in [0.15, 0.2) is 0 Å². The number of hydrogen-bond donors (Lipinski definition) is 0.